The molecule has 2 aromatic heterocycles. The highest BCUT2D eigenvalue weighted by atomic mass is 32.1. The minimum atomic E-state index is -0.214. The van der Waals surface area contributed by atoms with Crippen molar-refractivity contribution < 1.29 is 9.53 Å². The Morgan fingerprint density at radius 3 is 2.80 bits per heavy atom. The molecule has 3 rings (SSSR count). The standard InChI is InChI=1S/C19H19N3O2S/c1-2-3-11-24-16-8-6-14(7-9-16)17-13-25-19(21-17)22-18(23)15-5-4-10-20-12-15/h4-10,12-13H,2-3,11H2,1H3,(H,21,22,23). The van der Waals surface area contributed by atoms with Crippen LogP contribution in [0.25, 0.3) is 11.3 Å². The smallest absolute Gasteiger partial charge is 0.259 e. The molecule has 3 aromatic rings. The van der Waals surface area contributed by atoms with E-state index in [1.807, 2.05) is 29.6 Å². The van der Waals surface area contributed by atoms with Crippen molar-refractivity contribution >= 4 is 22.4 Å². The average Bonchev–Trinajstić information content (AvgIpc) is 3.12. The molecular weight excluding hydrogens is 334 g/mol. The van der Waals surface area contributed by atoms with Gasteiger partial charge in [0.1, 0.15) is 5.75 Å². The van der Waals surface area contributed by atoms with Crippen LogP contribution < -0.4 is 10.1 Å². The average molecular weight is 353 g/mol. The number of carbonyl (C=O) groups excluding carboxylic acids is 1. The van der Waals surface area contributed by atoms with Crippen LogP contribution in [-0.4, -0.2) is 22.5 Å². The number of hydrogen-bond acceptors (Lipinski definition) is 5. The number of hydrogen-bond donors (Lipinski definition) is 1. The number of thiazole rings is 1. The molecule has 128 valence electrons. The number of ether oxygens (including phenoxy) is 1. The maximum atomic E-state index is 12.1. The van der Waals surface area contributed by atoms with Gasteiger partial charge in [0.2, 0.25) is 0 Å². The van der Waals surface area contributed by atoms with Crippen molar-refractivity contribution in [3.8, 4) is 17.0 Å². The van der Waals surface area contributed by atoms with E-state index >= 15 is 0 Å². The number of anilines is 1. The van der Waals surface area contributed by atoms with Crippen molar-refractivity contribution in [2.75, 3.05) is 11.9 Å². The molecule has 2 heterocycles. The van der Waals surface area contributed by atoms with Crippen LogP contribution in [0.4, 0.5) is 5.13 Å². The van der Waals surface area contributed by atoms with Gasteiger partial charge in [0.05, 0.1) is 17.9 Å². The first kappa shape index (κ1) is 17.1. The lowest BCUT2D eigenvalue weighted by Gasteiger charge is -2.05. The van der Waals surface area contributed by atoms with Gasteiger partial charge < -0.3 is 4.74 Å². The summed E-state index contributed by atoms with van der Waals surface area (Å²) in [6.07, 6.45) is 5.33. The van der Waals surface area contributed by atoms with E-state index in [1.165, 1.54) is 17.5 Å². The summed E-state index contributed by atoms with van der Waals surface area (Å²) in [5.74, 6) is 0.645. The van der Waals surface area contributed by atoms with Gasteiger partial charge in [-0.3, -0.25) is 15.1 Å². The van der Waals surface area contributed by atoms with Crippen LogP contribution in [0, 0.1) is 0 Å². The normalized spacial score (nSPS) is 10.4. The van der Waals surface area contributed by atoms with Crippen LogP contribution in [0.15, 0.2) is 54.2 Å². The largest absolute Gasteiger partial charge is 0.494 e. The highest BCUT2D eigenvalue weighted by Gasteiger charge is 2.10. The molecule has 1 aromatic carbocycles. The van der Waals surface area contributed by atoms with Crippen molar-refractivity contribution in [3.63, 3.8) is 0 Å². The van der Waals surface area contributed by atoms with Crippen LogP contribution in [0.1, 0.15) is 30.1 Å². The summed E-state index contributed by atoms with van der Waals surface area (Å²) in [6.45, 7) is 2.87. The first-order chi connectivity index (χ1) is 12.3. The van der Waals surface area contributed by atoms with E-state index in [0.29, 0.717) is 10.7 Å². The van der Waals surface area contributed by atoms with E-state index in [2.05, 4.69) is 22.2 Å². The van der Waals surface area contributed by atoms with Gasteiger partial charge in [-0.05, 0) is 42.8 Å². The molecule has 0 bridgehead atoms. The highest BCUT2D eigenvalue weighted by molar-refractivity contribution is 7.14. The minimum Gasteiger partial charge on any atom is -0.494 e. The van der Waals surface area contributed by atoms with Crippen LogP contribution in [0.2, 0.25) is 0 Å². The molecule has 0 unspecified atom stereocenters. The number of unbranched alkanes of at least 4 members (excludes halogenated alkanes) is 1. The minimum absolute atomic E-state index is 0.214. The Balaban J connectivity index is 1.64. The lowest BCUT2D eigenvalue weighted by Crippen LogP contribution is -2.11. The predicted octanol–water partition coefficient (Wildman–Crippen LogP) is 4.64. The number of rotatable bonds is 7. The zero-order valence-electron chi connectivity index (χ0n) is 13.9. The van der Waals surface area contributed by atoms with Gasteiger partial charge in [0.25, 0.3) is 5.91 Å². The predicted molar refractivity (Wildman–Crippen MR) is 100 cm³/mol. The molecule has 5 nitrogen and oxygen atoms in total. The molecule has 1 N–H and O–H groups in total. The number of nitrogens with one attached hydrogen (secondary N) is 1. The van der Waals surface area contributed by atoms with Crippen molar-refractivity contribution in [2.45, 2.75) is 19.8 Å². The van der Waals surface area contributed by atoms with E-state index in [-0.39, 0.29) is 5.91 Å². The van der Waals surface area contributed by atoms with Crippen LogP contribution in [0.5, 0.6) is 5.75 Å². The maximum absolute atomic E-state index is 12.1. The van der Waals surface area contributed by atoms with Crippen molar-refractivity contribution in [3.05, 3.63) is 59.7 Å². The third kappa shape index (κ3) is 4.64. The van der Waals surface area contributed by atoms with E-state index in [0.717, 1.165) is 36.5 Å². The topological polar surface area (TPSA) is 64.1 Å². The van der Waals surface area contributed by atoms with E-state index < -0.39 is 0 Å². The fraction of sp³-hybridized carbons (Fsp3) is 0.211. The third-order valence-electron chi connectivity index (χ3n) is 3.57. The molecule has 0 spiro atoms. The van der Waals surface area contributed by atoms with Gasteiger partial charge >= 0.3 is 0 Å². The molecule has 0 saturated heterocycles. The van der Waals surface area contributed by atoms with Gasteiger partial charge in [-0.2, -0.15) is 0 Å². The Hall–Kier alpha value is -2.73. The summed E-state index contributed by atoms with van der Waals surface area (Å²) >= 11 is 1.39. The third-order valence-corrected chi connectivity index (χ3v) is 4.32. The summed E-state index contributed by atoms with van der Waals surface area (Å²) in [7, 11) is 0. The van der Waals surface area contributed by atoms with Gasteiger partial charge in [-0.25, -0.2) is 4.98 Å². The first-order valence-electron chi connectivity index (χ1n) is 8.16. The summed E-state index contributed by atoms with van der Waals surface area (Å²) < 4.78 is 5.66. The van der Waals surface area contributed by atoms with E-state index in [1.54, 1.807) is 18.3 Å². The number of amides is 1. The second-order valence-electron chi connectivity index (χ2n) is 5.46. The molecule has 0 aliphatic heterocycles. The summed E-state index contributed by atoms with van der Waals surface area (Å²) in [4.78, 5) is 20.6. The van der Waals surface area contributed by atoms with Crippen LogP contribution in [0.3, 0.4) is 0 Å². The molecule has 0 atom stereocenters. The molecule has 6 heteroatoms. The number of nitrogens with zero attached hydrogens (tertiary/aromatic N) is 2. The first-order valence-corrected chi connectivity index (χ1v) is 9.04. The molecule has 0 radical (unpaired) electrons. The van der Waals surface area contributed by atoms with Gasteiger partial charge in [0.15, 0.2) is 5.13 Å². The molecule has 25 heavy (non-hydrogen) atoms. The Morgan fingerprint density at radius 2 is 2.08 bits per heavy atom. The number of carbonyl (C=O) groups is 1. The van der Waals surface area contributed by atoms with E-state index in [9.17, 15) is 4.79 Å². The fourth-order valence-corrected chi connectivity index (χ4v) is 2.90. The quantitative estimate of drug-likeness (QED) is 0.629. The molecular formula is C19H19N3O2S. The second-order valence-corrected chi connectivity index (χ2v) is 6.32. The summed E-state index contributed by atoms with van der Waals surface area (Å²) in [5.41, 5.74) is 2.32. The lowest BCUT2D eigenvalue weighted by atomic mass is 10.2. The molecule has 0 fully saturated rings. The summed E-state index contributed by atoms with van der Waals surface area (Å²) in [5, 5.41) is 5.28. The molecule has 0 aliphatic rings. The second kappa shape index (κ2) is 8.39. The van der Waals surface area contributed by atoms with Crippen molar-refractivity contribution in [1.29, 1.82) is 0 Å². The van der Waals surface area contributed by atoms with Gasteiger partial charge in [-0.15, -0.1) is 11.3 Å². The Kier molecular flexibility index (Phi) is 5.74. The number of benzene rings is 1. The van der Waals surface area contributed by atoms with Gasteiger partial charge in [0, 0.05) is 23.3 Å². The maximum Gasteiger partial charge on any atom is 0.259 e. The molecule has 0 saturated carbocycles. The van der Waals surface area contributed by atoms with Gasteiger partial charge in [-0.1, -0.05) is 13.3 Å². The monoisotopic (exact) mass is 353 g/mol. The van der Waals surface area contributed by atoms with Crippen LogP contribution >= 0.6 is 11.3 Å². The Morgan fingerprint density at radius 1 is 1.24 bits per heavy atom. The number of aromatic nitrogens is 2. The molecule has 0 aliphatic carbocycles. The lowest BCUT2D eigenvalue weighted by molar-refractivity contribution is 0.102. The van der Waals surface area contributed by atoms with Crippen LogP contribution in [-0.2, 0) is 0 Å². The van der Waals surface area contributed by atoms with Crippen molar-refractivity contribution in [2.24, 2.45) is 0 Å². The fourth-order valence-electron chi connectivity index (χ4n) is 2.19. The summed E-state index contributed by atoms with van der Waals surface area (Å²) in [6, 6.07) is 11.3. The Bertz CT molecular complexity index is 816. The SMILES string of the molecule is CCCCOc1ccc(-c2csc(NC(=O)c3cccnc3)n2)cc1. The highest BCUT2D eigenvalue weighted by Crippen LogP contribution is 2.26. The van der Waals surface area contributed by atoms with E-state index in [4.69, 9.17) is 4.74 Å². The Labute approximate surface area is 150 Å². The molecule has 1 amide bonds. The zero-order valence-corrected chi connectivity index (χ0v) is 14.8. The van der Waals surface area contributed by atoms with Crippen molar-refractivity contribution in [1.82, 2.24) is 9.97 Å². The zero-order chi connectivity index (χ0) is 17.5. The number of pyridine rings is 1.